The van der Waals surface area contributed by atoms with E-state index in [-0.39, 0.29) is 10.9 Å². The van der Waals surface area contributed by atoms with Crippen molar-refractivity contribution in [1.29, 1.82) is 0 Å². The van der Waals surface area contributed by atoms with Gasteiger partial charge >= 0.3 is 0 Å². The van der Waals surface area contributed by atoms with Crippen LogP contribution in [0.1, 0.15) is 17.7 Å². The van der Waals surface area contributed by atoms with Gasteiger partial charge in [-0.3, -0.25) is 0 Å². The summed E-state index contributed by atoms with van der Waals surface area (Å²) in [6.07, 6.45) is 2.34. The zero-order valence-corrected chi connectivity index (χ0v) is 8.86. The normalized spacial score (nSPS) is 14.3. The van der Waals surface area contributed by atoms with Gasteiger partial charge in [0, 0.05) is 16.8 Å². The Balaban J connectivity index is 2.48. The molecule has 1 aliphatic carbocycles. The van der Waals surface area contributed by atoms with E-state index >= 15 is 0 Å². The molecule has 0 radical (unpaired) electrons. The van der Waals surface area contributed by atoms with E-state index in [1.165, 1.54) is 0 Å². The molecule has 1 heterocycles. The number of fused-ring (bicyclic) bond motifs is 2. The summed E-state index contributed by atoms with van der Waals surface area (Å²) in [5, 5.41) is 0.155. The van der Waals surface area contributed by atoms with Crippen LogP contribution in [-0.2, 0) is 12.8 Å². The number of hydrogen-bond acceptors (Lipinski definition) is 2. The molecule has 0 unspecified atom stereocenters. The van der Waals surface area contributed by atoms with Gasteiger partial charge in [0.15, 0.2) is 17.5 Å². The van der Waals surface area contributed by atoms with Gasteiger partial charge in [0.2, 0.25) is 0 Å². The Hall–Kier alpha value is -1.78. The first-order valence-corrected chi connectivity index (χ1v) is 5.34. The molecule has 2 N–H and O–H groups in total. The summed E-state index contributed by atoms with van der Waals surface area (Å²) in [5.41, 5.74) is 7.53. The molecule has 17 heavy (non-hydrogen) atoms. The summed E-state index contributed by atoms with van der Waals surface area (Å²) >= 11 is 0. The molecular formula is C12H9F3N2. The summed E-state index contributed by atoms with van der Waals surface area (Å²) in [6, 6.07) is 0.911. The summed E-state index contributed by atoms with van der Waals surface area (Å²) < 4.78 is 39.8. The molecule has 0 fully saturated rings. The van der Waals surface area contributed by atoms with Gasteiger partial charge in [0.25, 0.3) is 0 Å². The molecule has 3 rings (SSSR count). The lowest BCUT2D eigenvalue weighted by atomic mass is 10.1. The van der Waals surface area contributed by atoms with Crippen LogP contribution in [0, 0.1) is 17.5 Å². The third kappa shape index (κ3) is 1.31. The lowest BCUT2D eigenvalue weighted by molar-refractivity contribution is 0.452. The lowest BCUT2D eigenvalue weighted by Gasteiger charge is -2.09. The second kappa shape index (κ2) is 3.35. The minimum absolute atomic E-state index is 0.155. The second-order valence-electron chi connectivity index (χ2n) is 4.19. The minimum atomic E-state index is -1.50. The maximum atomic E-state index is 13.6. The van der Waals surface area contributed by atoms with Crippen molar-refractivity contribution < 1.29 is 13.2 Å². The van der Waals surface area contributed by atoms with Crippen molar-refractivity contribution in [1.82, 2.24) is 4.98 Å². The molecule has 0 saturated heterocycles. The van der Waals surface area contributed by atoms with Crippen LogP contribution in [0.15, 0.2) is 6.07 Å². The standard InChI is InChI=1S/C12H9F3N2/c13-7-4-6-11(16)5-2-1-3-8(5)17-12(6)10(15)9(7)14/h4H,1-3H2,(H2,16,17). The van der Waals surface area contributed by atoms with Gasteiger partial charge in [-0.2, -0.15) is 0 Å². The number of aromatic nitrogens is 1. The lowest BCUT2D eigenvalue weighted by Crippen LogP contribution is -2.02. The van der Waals surface area contributed by atoms with Crippen molar-refractivity contribution in [2.75, 3.05) is 5.73 Å². The van der Waals surface area contributed by atoms with E-state index in [9.17, 15) is 13.2 Å². The number of nitrogen functional groups attached to an aromatic ring is 1. The Labute approximate surface area is 95.3 Å². The number of nitrogens with zero attached hydrogens (tertiary/aromatic N) is 1. The van der Waals surface area contributed by atoms with Crippen LogP contribution in [0.4, 0.5) is 18.9 Å². The number of aryl methyl sites for hydroxylation is 1. The second-order valence-corrected chi connectivity index (χ2v) is 4.19. The number of pyridine rings is 1. The molecule has 5 heteroatoms. The first-order valence-electron chi connectivity index (χ1n) is 5.34. The van der Waals surface area contributed by atoms with E-state index in [0.29, 0.717) is 17.8 Å². The highest BCUT2D eigenvalue weighted by Gasteiger charge is 2.22. The van der Waals surface area contributed by atoms with Crippen molar-refractivity contribution in [3.05, 3.63) is 34.8 Å². The molecule has 0 amide bonds. The quantitative estimate of drug-likeness (QED) is 0.717. The molecule has 0 saturated carbocycles. The van der Waals surface area contributed by atoms with Crippen LogP contribution in [0.5, 0.6) is 0 Å². The third-order valence-electron chi connectivity index (χ3n) is 3.19. The maximum absolute atomic E-state index is 13.6. The van der Waals surface area contributed by atoms with Gasteiger partial charge in [0.1, 0.15) is 5.52 Å². The zero-order valence-electron chi connectivity index (χ0n) is 8.86. The summed E-state index contributed by atoms with van der Waals surface area (Å²) in [7, 11) is 0. The SMILES string of the molecule is Nc1c2c(nc3c(F)c(F)c(F)cc13)CCC2. The Morgan fingerprint density at radius 3 is 2.65 bits per heavy atom. The van der Waals surface area contributed by atoms with E-state index in [1.54, 1.807) is 0 Å². The Bertz CT molecular complexity index is 638. The molecule has 0 aliphatic heterocycles. The summed E-state index contributed by atoms with van der Waals surface area (Å²) in [6.45, 7) is 0. The van der Waals surface area contributed by atoms with Crippen LogP contribution in [-0.4, -0.2) is 4.98 Å². The number of halogens is 3. The van der Waals surface area contributed by atoms with E-state index in [2.05, 4.69) is 4.98 Å². The molecule has 1 aromatic heterocycles. The van der Waals surface area contributed by atoms with Gasteiger partial charge in [0.05, 0.1) is 0 Å². The highest BCUT2D eigenvalue weighted by Crippen LogP contribution is 2.34. The molecule has 88 valence electrons. The van der Waals surface area contributed by atoms with Gasteiger partial charge in [-0.25, -0.2) is 18.2 Å². The van der Waals surface area contributed by atoms with Crippen molar-refractivity contribution in [2.24, 2.45) is 0 Å². The smallest absolute Gasteiger partial charge is 0.196 e. The van der Waals surface area contributed by atoms with Crippen molar-refractivity contribution in [2.45, 2.75) is 19.3 Å². The van der Waals surface area contributed by atoms with Crippen molar-refractivity contribution >= 4 is 16.6 Å². The highest BCUT2D eigenvalue weighted by atomic mass is 19.2. The number of benzene rings is 1. The molecule has 0 atom stereocenters. The summed E-state index contributed by atoms with van der Waals surface area (Å²) in [4.78, 5) is 4.06. The van der Waals surface area contributed by atoms with Crippen molar-refractivity contribution in [3.63, 3.8) is 0 Å². The topological polar surface area (TPSA) is 38.9 Å². The Kier molecular flexibility index (Phi) is 2.05. The van der Waals surface area contributed by atoms with Gasteiger partial charge < -0.3 is 5.73 Å². The van der Waals surface area contributed by atoms with E-state index < -0.39 is 17.5 Å². The third-order valence-corrected chi connectivity index (χ3v) is 3.19. The number of anilines is 1. The predicted molar refractivity (Wildman–Crippen MR) is 58.1 cm³/mol. The van der Waals surface area contributed by atoms with Gasteiger partial charge in [-0.15, -0.1) is 0 Å². The van der Waals surface area contributed by atoms with E-state index in [1.807, 2.05) is 0 Å². The molecule has 2 nitrogen and oxygen atoms in total. The van der Waals surface area contributed by atoms with Crippen LogP contribution in [0.25, 0.3) is 10.9 Å². The highest BCUT2D eigenvalue weighted by molar-refractivity contribution is 5.93. The molecule has 2 aromatic rings. The molecule has 0 spiro atoms. The fourth-order valence-corrected chi connectivity index (χ4v) is 2.34. The first-order chi connectivity index (χ1) is 8.09. The monoisotopic (exact) mass is 238 g/mol. The Morgan fingerprint density at radius 2 is 1.88 bits per heavy atom. The Morgan fingerprint density at radius 1 is 1.12 bits per heavy atom. The fraction of sp³-hybridized carbons (Fsp3) is 0.250. The molecular weight excluding hydrogens is 229 g/mol. The van der Waals surface area contributed by atoms with Gasteiger partial charge in [-0.05, 0) is 30.9 Å². The molecule has 0 bridgehead atoms. The maximum Gasteiger partial charge on any atom is 0.196 e. The number of rotatable bonds is 0. The largest absolute Gasteiger partial charge is 0.398 e. The van der Waals surface area contributed by atoms with Gasteiger partial charge in [-0.1, -0.05) is 0 Å². The van der Waals surface area contributed by atoms with E-state index in [4.69, 9.17) is 5.73 Å². The average Bonchev–Trinajstić information content (AvgIpc) is 2.77. The summed E-state index contributed by atoms with van der Waals surface area (Å²) in [5.74, 6) is -4.00. The predicted octanol–water partition coefficient (Wildman–Crippen LogP) is 2.72. The number of hydrogen-bond donors (Lipinski definition) is 1. The zero-order chi connectivity index (χ0) is 12.2. The number of nitrogens with two attached hydrogens (primary N) is 1. The molecule has 1 aliphatic rings. The van der Waals surface area contributed by atoms with Crippen LogP contribution >= 0.6 is 0 Å². The van der Waals surface area contributed by atoms with Crippen LogP contribution < -0.4 is 5.73 Å². The molecule has 1 aromatic carbocycles. The van der Waals surface area contributed by atoms with E-state index in [0.717, 1.165) is 24.5 Å². The minimum Gasteiger partial charge on any atom is -0.398 e. The van der Waals surface area contributed by atoms with Crippen molar-refractivity contribution in [3.8, 4) is 0 Å². The van der Waals surface area contributed by atoms with Crippen LogP contribution in [0.3, 0.4) is 0 Å². The van der Waals surface area contributed by atoms with Crippen LogP contribution in [0.2, 0.25) is 0 Å². The first kappa shape index (κ1) is 10.4. The fourth-order valence-electron chi connectivity index (χ4n) is 2.34. The average molecular weight is 238 g/mol.